The fourth-order valence-corrected chi connectivity index (χ4v) is 3.05. The van der Waals surface area contributed by atoms with Crippen LogP contribution in [0.2, 0.25) is 0 Å². The Bertz CT molecular complexity index is 878. The largest absolute Gasteiger partial charge is 0.497 e. The molecule has 3 aromatic rings. The quantitative estimate of drug-likeness (QED) is 0.662. The lowest BCUT2D eigenvalue weighted by Gasteiger charge is -2.20. The van der Waals surface area contributed by atoms with Gasteiger partial charge in [0.05, 0.1) is 7.11 Å². The van der Waals surface area contributed by atoms with Gasteiger partial charge in [-0.15, -0.1) is 0 Å². The summed E-state index contributed by atoms with van der Waals surface area (Å²) in [4.78, 5) is 0. The van der Waals surface area contributed by atoms with Crippen LogP contribution in [0.1, 0.15) is 11.1 Å². The maximum Gasteiger partial charge on any atom is 0.127 e. The molecule has 0 saturated carbocycles. The van der Waals surface area contributed by atoms with Gasteiger partial charge in [0, 0.05) is 5.56 Å². The molecule has 1 heterocycles. The Morgan fingerprint density at radius 1 is 0.792 bits per heavy atom. The molecule has 0 spiro atoms. The summed E-state index contributed by atoms with van der Waals surface area (Å²) in [6.45, 7) is 0.596. The molecule has 0 aromatic heterocycles. The minimum Gasteiger partial charge on any atom is -0.497 e. The van der Waals surface area contributed by atoms with Crippen LogP contribution in [0, 0.1) is 0 Å². The van der Waals surface area contributed by atoms with Crippen LogP contribution >= 0.6 is 0 Å². The number of hydrogen-bond donors (Lipinski definition) is 0. The van der Waals surface area contributed by atoms with Crippen molar-refractivity contribution in [2.45, 2.75) is 0 Å². The van der Waals surface area contributed by atoms with Gasteiger partial charge in [0.25, 0.3) is 0 Å². The fraction of sp³-hybridized carbons (Fsp3) is 0.0909. The summed E-state index contributed by atoms with van der Waals surface area (Å²) in [5.41, 5.74) is 5.91. The first-order valence-corrected chi connectivity index (χ1v) is 8.02. The first-order valence-electron chi connectivity index (χ1n) is 8.02. The van der Waals surface area contributed by atoms with Crippen LogP contribution < -0.4 is 9.47 Å². The third kappa shape index (κ3) is 2.67. The lowest BCUT2D eigenvalue weighted by atomic mass is 9.92. The molecule has 4 rings (SSSR count). The average Bonchev–Trinajstić information content (AvgIpc) is 2.68. The maximum atomic E-state index is 5.81. The highest BCUT2D eigenvalue weighted by Crippen LogP contribution is 2.37. The molecule has 0 aliphatic carbocycles. The summed E-state index contributed by atoms with van der Waals surface area (Å²) in [6, 6.07) is 25.0. The average molecular weight is 314 g/mol. The zero-order valence-corrected chi connectivity index (χ0v) is 13.5. The minimum atomic E-state index is 0.596. The topological polar surface area (TPSA) is 18.5 Å². The Morgan fingerprint density at radius 2 is 1.54 bits per heavy atom. The van der Waals surface area contributed by atoms with E-state index in [1.165, 1.54) is 22.3 Å². The van der Waals surface area contributed by atoms with Crippen molar-refractivity contribution in [2.75, 3.05) is 13.7 Å². The van der Waals surface area contributed by atoms with Crippen LogP contribution in [-0.4, -0.2) is 13.7 Å². The summed E-state index contributed by atoms with van der Waals surface area (Å²) < 4.78 is 11.1. The van der Waals surface area contributed by atoms with Crippen molar-refractivity contribution in [1.29, 1.82) is 0 Å². The zero-order valence-electron chi connectivity index (χ0n) is 13.5. The molecule has 0 atom stereocenters. The summed E-state index contributed by atoms with van der Waals surface area (Å²) in [5, 5.41) is 0. The molecule has 1 aliphatic heterocycles. The van der Waals surface area contributed by atoms with Crippen LogP contribution in [0.3, 0.4) is 0 Å². The molecule has 0 saturated heterocycles. The van der Waals surface area contributed by atoms with E-state index in [9.17, 15) is 0 Å². The van der Waals surface area contributed by atoms with Gasteiger partial charge in [-0.2, -0.15) is 0 Å². The second kappa shape index (κ2) is 6.25. The monoisotopic (exact) mass is 314 g/mol. The van der Waals surface area contributed by atoms with Crippen LogP contribution in [0.25, 0.3) is 16.7 Å². The summed E-state index contributed by atoms with van der Waals surface area (Å²) in [6.07, 6.45) is 2.14. The Morgan fingerprint density at radius 3 is 2.29 bits per heavy atom. The third-order valence-corrected chi connectivity index (χ3v) is 4.30. The highest BCUT2D eigenvalue weighted by atomic mass is 16.5. The van der Waals surface area contributed by atoms with Crippen LogP contribution in [0.15, 0.2) is 78.9 Å². The molecular weight excluding hydrogens is 296 g/mol. The molecule has 2 nitrogen and oxygen atoms in total. The van der Waals surface area contributed by atoms with Gasteiger partial charge in [0.1, 0.15) is 18.1 Å². The normalized spacial score (nSPS) is 12.8. The second-order valence-electron chi connectivity index (χ2n) is 5.73. The number of benzene rings is 3. The Hall–Kier alpha value is -3.00. The lowest BCUT2D eigenvalue weighted by Crippen LogP contribution is -2.05. The number of methoxy groups -OCH3 is 1. The van der Waals surface area contributed by atoms with Crippen molar-refractivity contribution < 1.29 is 9.47 Å². The number of hydrogen-bond acceptors (Lipinski definition) is 2. The molecule has 3 aromatic carbocycles. The van der Waals surface area contributed by atoms with Crippen molar-refractivity contribution in [3.8, 4) is 22.6 Å². The van der Waals surface area contributed by atoms with Gasteiger partial charge in [-0.3, -0.25) is 0 Å². The van der Waals surface area contributed by atoms with E-state index in [-0.39, 0.29) is 0 Å². The highest BCUT2D eigenvalue weighted by molar-refractivity contribution is 5.86. The maximum absolute atomic E-state index is 5.81. The minimum absolute atomic E-state index is 0.596. The van der Waals surface area contributed by atoms with Crippen LogP contribution in [-0.2, 0) is 0 Å². The van der Waals surface area contributed by atoms with Gasteiger partial charge in [0.2, 0.25) is 0 Å². The van der Waals surface area contributed by atoms with Crippen molar-refractivity contribution in [3.63, 3.8) is 0 Å². The first kappa shape index (κ1) is 14.6. The molecule has 0 unspecified atom stereocenters. The predicted molar refractivity (Wildman–Crippen MR) is 97.4 cm³/mol. The number of fused-ring (bicyclic) bond motifs is 1. The van der Waals surface area contributed by atoms with E-state index in [4.69, 9.17) is 9.47 Å². The molecule has 0 fully saturated rings. The molecule has 0 N–H and O–H groups in total. The molecular formula is C22H18O2. The highest BCUT2D eigenvalue weighted by Gasteiger charge is 2.16. The number of ether oxygens (including phenoxy) is 2. The summed E-state index contributed by atoms with van der Waals surface area (Å²) in [7, 11) is 1.68. The fourth-order valence-electron chi connectivity index (χ4n) is 3.05. The molecule has 0 radical (unpaired) electrons. The standard InChI is InChI=1S/C22H18O2/c1-23-19-10-7-17(8-11-19)20-13-14-24-22-12-9-18(15-21(20)22)16-5-3-2-4-6-16/h2-13,15H,14H2,1H3. The molecule has 0 bridgehead atoms. The van der Waals surface area contributed by atoms with Gasteiger partial charge >= 0.3 is 0 Å². The van der Waals surface area contributed by atoms with Crippen molar-refractivity contribution >= 4 is 5.57 Å². The first-order chi connectivity index (χ1) is 11.8. The molecule has 118 valence electrons. The SMILES string of the molecule is COc1ccc(C2=CCOc3ccc(-c4ccccc4)cc32)cc1. The van der Waals surface area contributed by atoms with E-state index in [2.05, 4.69) is 60.7 Å². The van der Waals surface area contributed by atoms with E-state index >= 15 is 0 Å². The van der Waals surface area contributed by atoms with Crippen LogP contribution in [0.5, 0.6) is 11.5 Å². The van der Waals surface area contributed by atoms with Gasteiger partial charge in [-0.05, 0) is 52.6 Å². The second-order valence-corrected chi connectivity index (χ2v) is 5.73. The van der Waals surface area contributed by atoms with Crippen molar-refractivity contribution in [2.24, 2.45) is 0 Å². The van der Waals surface area contributed by atoms with E-state index in [1.54, 1.807) is 7.11 Å². The van der Waals surface area contributed by atoms with Gasteiger partial charge in [-0.25, -0.2) is 0 Å². The van der Waals surface area contributed by atoms with Gasteiger partial charge in [0.15, 0.2) is 0 Å². The summed E-state index contributed by atoms with van der Waals surface area (Å²) in [5.74, 6) is 1.80. The molecule has 2 heteroatoms. The van der Waals surface area contributed by atoms with Crippen molar-refractivity contribution in [1.82, 2.24) is 0 Å². The van der Waals surface area contributed by atoms with Crippen molar-refractivity contribution in [3.05, 3.63) is 90.0 Å². The molecule has 1 aliphatic rings. The van der Waals surface area contributed by atoms with Crippen LogP contribution in [0.4, 0.5) is 0 Å². The van der Waals surface area contributed by atoms with Gasteiger partial charge in [-0.1, -0.05) is 48.5 Å². The Balaban J connectivity index is 1.78. The van der Waals surface area contributed by atoms with E-state index < -0.39 is 0 Å². The Labute approximate surface area is 142 Å². The third-order valence-electron chi connectivity index (χ3n) is 4.30. The molecule has 24 heavy (non-hydrogen) atoms. The Kier molecular flexibility index (Phi) is 3.80. The van der Waals surface area contributed by atoms with E-state index in [0.29, 0.717) is 6.61 Å². The lowest BCUT2D eigenvalue weighted by molar-refractivity contribution is 0.357. The predicted octanol–water partition coefficient (Wildman–Crippen LogP) is 5.19. The van der Waals surface area contributed by atoms with Gasteiger partial charge < -0.3 is 9.47 Å². The number of rotatable bonds is 3. The van der Waals surface area contributed by atoms with E-state index in [0.717, 1.165) is 17.1 Å². The zero-order chi connectivity index (χ0) is 16.4. The summed E-state index contributed by atoms with van der Waals surface area (Å²) >= 11 is 0. The smallest absolute Gasteiger partial charge is 0.127 e. The molecule has 0 amide bonds. The van der Waals surface area contributed by atoms with E-state index in [1.807, 2.05) is 18.2 Å².